The number of para-hydroxylation sites is 1. The van der Waals surface area contributed by atoms with Gasteiger partial charge in [-0.3, -0.25) is 4.79 Å². The molecule has 0 heterocycles. The Morgan fingerprint density at radius 2 is 2.00 bits per heavy atom. The molecule has 0 N–H and O–H groups in total. The molecule has 0 fully saturated rings. The molecule has 5 heteroatoms. The molecular weight excluding hydrogens is 298 g/mol. The third kappa shape index (κ3) is 3.32. The summed E-state index contributed by atoms with van der Waals surface area (Å²) in [5.41, 5.74) is 0.999. The topological polar surface area (TPSA) is 46.6 Å². The van der Waals surface area contributed by atoms with Crippen LogP contribution in [0.25, 0.3) is 0 Å². The Hall–Kier alpha value is -1.36. The second-order valence-electron chi connectivity index (χ2n) is 3.69. The Bertz CT molecular complexity index is 434. The number of hydrogen-bond donors (Lipinski definition) is 0. The van der Waals surface area contributed by atoms with Gasteiger partial charge in [-0.05, 0) is 18.6 Å². The zero-order valence-electron chi connectivity index (χ0n) is 10.5. The minimum Gasteiger partial charge on any atom is -0.465 e. The first-order valence-corrected chi connectivity index (χ1v) is 6.81. The third-order valence-electron chi connectivity index (χ3n) is 2.46. The number of amides is 1. The van der Waals surface area contributed by atoms with Crippen LogP contribution in [0.3, 0.4) is 0 Å². The zero-order valence-corrected chi connectivity index (χ0v) is 12.1. The van der Waals surface area contributed by atoms with Gasteiger partial charge in [-0.1, -0.05) is 35.0 Å². The lowest BCUT2D eigenvalue weighted by molar-refractivity contribution is -0.116. The Morgan fingerprint density at radius 1 is 1.33 bits per heavy atom. The molecule has 1 aromatic rings. The Balaban J connectivity index is 3.19. The number of rotatable bonds is 5. The van der Waals surface area contributed by atoms with Gasteiger partial charge in [0, 0.05) is 6.54 Å². The number of methoxy groups -OCH3 is 1. The number of ether oxygens (including phenoxy) is 1. The van der Waals surface area contributed by atoms with Crippen LogP contribution in [-0.4, -0.2) is 30.9 Å². The Kier molecular flexibility index (Phi) is 5.85. The molecule has 0 radical (unpaired) electrons. The molecule has 1 aromatic carbocycles. The highest BCUT2D eigenvalue weighted by Gasteiger charge is 2.20. The van der Waals surface area contributed by atoms with Gasteiger partial charge < -0.3 is 9.64 Å². The van der Waals surface area contributed by atoms with E-state index in [0.29, 0.717) is 17.8 Å². The average molecular weight is 314 g/mol. The predicted octanol–water partition coefficient (Wildman–Crippen LogP) is 2.61. The lowest BCUT2D eigenvalue weighted by atomic mass is 10.1. The lowest BCUT2D eigenvalue weighted by Gasteiger charge is -2.23. The van der Waals surface area contributed by atoms with Crippen molar-refractivity contribution in [2.45, 2.75) is 13.3 Å². The van der Waals surface area contributed by atoms with E-state index in [2.05, 4.69) is 15.9 Å². The summed E-state index contributed by atoms with van der Waals surface area (Å²) < 4.78 is 4.73. The van der Waals surface area contributed by atoms with E-state index in [0.717, 1.165) is 6.42 Å². The fraction of sp³-hybridized carbons (Fsp3) is 0.385. The molecule has 18 heavy (non-hydrogen) atoms. The molecule has 0 aliphatic heterocycles. The van der Waals surface area contributed by atoms with Crippen LogP contribution in [0.4, 0.5) is 5.69 Å². The van der Waals surface area contributed by atoms with Crippen LogP contribution in [0, 0.1) is 0 Å². The van der Waals surface area contributed by atoms with E-state index in [1.165, 1.54) is 7.11 Å². The van der Waals surface area contributed by atoms with E-state index in [1.54, 1.807) is 29.2 Å². The van der Waals surface area contributed by atoms with Crippen molar-refractivity contribution in [3.63, 3.8) is 0 Å². The summed E-state index contributed by atoms with van der Waals surface area (Å²) >= 11 is 3.15. The molecule has 1 amide bonds. The van der Waals surface area contributed by atoms with Gasteiger partial charge in [0.1, 0.15) is 0 Å². The summed E-state index contributed by atoms with van der Waals surface area (Å²) in [6.45, 7) is 2.55. The summed E-state index contributed by atoms with van der Waals surface area (Å²) in [4.78, 5) is 25.2. The molecule has 0 atom stereocenters. The number of carbonyl (C=O) groups is 2. The number of hydrogen-bond acceptors (Lipinski definition) is 3. The van der Waals surface area contributed by atoms with Crippen LogP contribution in [0.1, 0.15) is 23.7 Å². The van der Waals surface area contributed by atoms with Crippen molar-refractivity contribution in [2.75, 3.05) is 23.9 Å². The standard InChI is InChI=1S/C13H16BrNO3/c1-3-8-15(12(16)9-14)11-7-5-4-6-10(11)13(17)18-2/h4-7H,3,8-9H2,1-2H3. The van der Waals surface area contributed by atoms with Crippen molar-refractivity contribution in [1.29, 1.82) is 0 Å². The molecule has 98 valence electrons. The quantitative estimate of drug-likeness (QED) is 0.620. The van der Waals surface area contributed by atoms with E-state index < -0.39 is 5.97 Å². The normalized spacial score (nSPS) is 9.94. The number of benzene rings is 1. The molecule has 0 aromatic heterocycles. The molecule has 0 unspecified atom stereocenters. The van der Waals surface area contributed by atoms with Crippen LogP contribution in [0.5, 0.6) is 0 Å². The van der Waals surface area contributed by atoms with Gasteiger partial charge in [0.15, 0.2) is 0 Å². The van der Waals surface area contributed by atoms with Gasteiger partial charge in [0.2, 0.25) is 5.91 Å². The molecule has 0 spiro atoms. The van der Waals surface area contributed by atoms with Crippen LogP contribution in [0.2, 0.25) is 0 Å². The fourth-order valence-corrected chi connectivity index (χ4v) is 1.97. The van der Waals surface area contributed by atoms with Crippen molar-refractivity contribution in [3.8, 4) is 0 Å². The maximum Gasteiger partial charge on any atom is 0.339 e. The number of carbonyl (C=O) groups excluding carboxylic acids is 2. The molecule has 1 rings (SSSR count). The lowest BCUT2D eigenvalue weighted by Crippen LogP contribution is -2.33. The van der Waals surface area contributed by atoms with Crippen LogP contribution < -0.4 is 4.90 Å². The predicted molar refractivity (Wildman–Crippen MR) is 74.2 cm³/mol. The van der Waals surface area contributed by atoms with E-state index in [4.69, 9.17) is 4.74 Å². The van der Waals surface area contributed by atoms with Crippen LogP contribution in [0.15, 0.2) is 24.3 Å². The number of nitrogens with zero attached hydrogens (tertiary/aromatic N) is 1. The van der Waals surface area contributed by atoms with E-state index in [9.17, 15) is 9.59 Å². The van der Waals surface area contributed by atoms with Crippen molar-refractivity contribution in [1.82, 2.24) is 0 Å². The first kappa shape index (κ1) is 14.7. The number of halogens is 1. The van der Waals surface area contributed by atoms with Crippen molar-refractivity contribution >= 4 is 33.5 Å². The molecular formula is C13H16BrNO3. The molecule has 0 aliphatic carbocycles. The number of anilines is 1. The highest BCUT2D eigenvalue weighted by molar-refractivity contribution is 9.09. The van der Waals surface area contributed by atoms with Crippen molar-refractivity contribution < 1.29 is 14.3 Å². The summed E-state index contributed by atoms with van der Waals surface area (Å²) in [5, 5.41) is 0.225. The molecule has 4 nitrogen and oxygen atoms in total. The smallest absolute Gasteiger partial charge is 0.339 e. The summed E-state index contributed by atoms with van der Waals surface area (Å²) in [6.07, 6.45) is 0.814. The minimum absolute atomic E-state index is 0.0757. The largest absolute Gasteiger partial charge is 0.465 e. The number of alkyl halides is 1. The molecule has 0 aliphatic rings. The van der Waals surface area contributed by atoms with Crippen LogP contribution >= 0.6 is 15.9 Å². The fourth-order valence-electron chi connectivity index (χ4n) is 1.67. The van der Waals surface area contributed by atoms with Gasteiger partial charge in [-0.2, -0.15) is 0 Å². The van der Waals surface area contributed by atoms with Gasteiger partial charge in [-0.25, -0.2) is 4.79 Å². The average Bonchev–Trinajstić information content (AvgIpc) is 2.43. The highest BCUT2D eigenvalue weighted by Crippen LogP contribution is 2.22. The van der Waals surface area contributed by atoms with Crippen molar-refractivity contribution in [3.05, 3.63) is 29.8 Å². The van der Waals surface area contributed by atoms with Crippen LogP contribution in [-0.2, 0) is 9.53 Å². The van der Waals surface area contributed by atoms with E-state index in [-0.39, 0.29) is 11.2 Å². The summed E-state index contributed by atoms with van der Waals surface area (Å²) in [5.74, 6) is -0.512. The maximum absolute atomic E-state index is 11.9. The maximum atomic E-state index is 11.9. The first-order chi connectivity index (χ1) is 8.65. The zero-order chi connectivity index (χ0) is 13.5. The van der Waals surface area contributed by atoms with Gasteiger partial charge in [-0.15, -0.1) is 0 Å². The molecule has 0 bridgehead atoms. The molecule has 0 saturated heterocycles. The summed E-state index contributed by atoms with van der Waals surface area (Å²) in [7, 11) is 1.33. The Morgan fingerprint density at radius 3 is 2.56 bits per heavy atom. The second-order valence-corrected chi connectivity index (χ2v) is 4.25. The second kappa shape index (κ2) is 7.16. The Labute approximate surface area is 115 Å². The monoisotopic (exact) mass is 313 g/mol. The van der Waals surface area contributed by atoms with E-state index >= 15 is 0 Å². The van der Waals surface area contributed by atoms with Gasteiger partial charge in [0.05, 0.1) is 23.7 Å². The van der Waals surface area contributed by atoms with Gasteiger partial charge in [0.25, 0.3) is 0 Å². The third-order valence-corrected chi connectivity index (χ3v) is 2.94. The molecule has 0 saturated carbocycles. The highest BCUT2D eigenvalue weighted by atomic mass is 79.9. The first-order valence-electron chi connectivity index (χ1n) is 5.69. The summed E-state index contributed by atoms with van der Waals surface area (Å²) in [6, 6.07) is 6.96. The van der Waals surface area contributed by atoms with Gasteiger partial charge >= 0.3 is 5.97 Å². The minimum atomic E-state index is -0.436. The van der Waals surface area contributed by atoms with E-state index in [1.807, 2.05) is 6.92 Å². The van der Waals surface area contributed by atoms with Crippen molar-refractivity contribution in [2.24, 2.45) is 0 Å². The number of esters is 1. The SMILES string of the molecule is CCCN(C(=O)CBr)c1ccccc1C(=O)OC.